The maximum absolute atomic E-state index is 6.14. The second-order valence-corrected chi connectivity index (χ2v) is 6.77. The quantitative estimate of drug-likeness (QED) is 0.782. The van der Waals surface area contributed by atoms with Crippen molar-refractivity contribution in [3.63, 3.8) is 0 Å². The molecule has 0 bridgehead atoms. The lowest BCUT2D eigenvalue weighted by Crippen LogP contribution is -2.47. The molecule has 3 aliphatic rings. The van der Waals surface area contributed by atoms with E-state index in [0.29, 0.717) is 0 Å². The number of nitrogens with zero attached hydrogens (tertiary/aromatic N) is 1. The summed E-state index contributed by atoms with van der Waals surface area (Å²) in [5.41, 5.74) is 3.80. The van der Waals surface area contributed by atoms with Gasteiger partial charge in [-0.1, -0.05) is 6.08 Å². The van der Waals surface area contributed by atoms with Crippen molar-refractivity contribution in [1.29, 1.82) is 0 Å². The predicted octanol–water partition coefficient (Wildman–Crippen LogP) is 1.85. The van der Waals surface area contributed by atoms with E-state index in [0.717, 1.165) is 31.6 Å². The van der Waals surface area contributed by atoms with Crippen molar-refractivity contribution in [1.82, 2.24) is 10.4 Å². The average Bonchev–Trinajstić information content (AvgIpc) is 2.94. The van der Waals surface area contributed by atoms with Gasteiger partial charge in [0.05, 0.1) is 16.8 Å². The Hall–Kier alpha value is -0.555. The summed E-state index contributed by atoms with van der Waals surface area (Å²) in [6, 6.07) is 0. The second kappa shape index (κ2) is 5.02. The van der Waals surface area contributed by atoms with E-state index < -0.39 is 0 Å². The summed E-state index contributed by atoms with van der Waals surface area (Å²) < 4.78 is 18.1. The van der Waals surface area contributed by atoms with Crippen LogP contribution in [0.3, 0.4) is 0 Å². The molecular formula is C14H25BN2O3. The number of rotatable bonds is 2. The van der Waals surface area contributed by atoms with Gasteiger partial charge >= 0.3 is 7.12 Å². The molecule has 2 saturated heterocycles. The zero-order valence-corrected chi connectivity index (χ0v) is 12.9. The van der Waals surface area contributed by atoms with Crippen LogP contribution < -0.4 is 5.43 Å². The van der Waals surface area contributed by atoms with Crippen molar-refractivity contribution in [3.8, 4) is 0 Å². The first-order chi connectivity index (χ1) is 9.41. The Morgan fingerprint density at radius 3 is 2.50 bits per heavy atom. The third-order valence-corrected chi connectivity index (χ3v) is 4.79. The third kappa shape index (κ3) is 2.39. The normalized spacial score (nSPS) is 32.6. The highest BCUT2D eigenvalue weighted by atomic mass is 16.7. The fraction of sp³-hybridized carbons (Fsp3) is 0.857. The zero-order chi connectivity index (χ0) is 14.4. The van der Waals surface area contributed by atoms with E-state index in [9.17, 15) is 0 Å². The van der Waals surface area contributed by atoms with E-state index in [2.05, 4.69) is 44.2 Å². The first-order valence-corrected chi connectivity index (χ1v) is 7.61. The average molecular weight is 280 g/mol. The van der Waals surface area contributed by atoms with Gasteiger partial charge < -0.3 is 14.0 Å². The van der Waals surface area contributed by atoms with Crippen LogP contribution in [0, 0.1) is 0 Å². The number of ether oxygens (including phenoxy) is 1. The number of hydrazine groups is 1. The van der Waals surface area contributed by atoms with Gasteiger partial charge in [0, 0.05) is 13.2 Å². The smallest absolute Gasteiger partial charge is 0.398 e. The number of hydrogen-bond donors (Lipinski definition) is 1. The maximum Gasteiger partial charge on any atom is 0.513 e. The molecule has 0 amide bonds. The summed E-state index contributed by atoms with van der Waals surface area (Å²) in [6.45, 7) is 9.96. The van der Waals surface area contributed by atoms with Crippen LogP contribution in [0.1, 0.15) is 47.0 Å². The number of hydrogen-bond acceptors (Lipinski definition) is 5. The van der Waals surface area contributed by atoms with E-state index in [1.165, 1.54) is 6.42 Å². The Morgan fingerprint density at radius 1 is 1.20 bits per heavy atom. The predicted molar refractivity (Wildman–Crippen MR) is 77.6 cm³/mol. The monoisotopic (exact) mass is 280 g/mol. The molecule has 6 heteroatoms. The number of nitrogens with one attached hydrogen (secondary N) is 1. The lowest BCUT2D eigenvalue weighted by Gasteiger charge is -2.34. The first-order valence-electron chi connectivity index (χ1n) is 7.61. The van der Waals surface area contributed by atoms with Crippen LogP contribution in [-0.4, -0.2) is 42.7 Å². The summed E-state index contributed by atoms with van der Waals surface area (Å²) >= 11 is 0. The fourth-order valence-electron chi connectivity index (χ4n) is 2.81. The van der Waals surface area contributed by atoms with E-state index in [1.54, 1.807) is 0 Å². The highest BCUT2D eigenvalue weighted by Crippen LogP contribution is 2.39. The van der Waals surface area contributed by atoms with Gasteiger partial charge in [0.2, 0.25) is 0 Å². The Labute approximate surface area is 121 Å². The van der Waals surface area contributed by atoms with Crippen LogP contribution >= 0.6 is 0 Å². The standard InChI is InChI=1S/C14H25BN2O3/c1-13(2)14(3,4)20-15(19-13)11-8-9-16-17(11)12-7-5-6-10-18-12/h8,12,16H,5-7,9-10H2,1-4H3. The van der Waals surface area contributed by atoms with Crippen molar-refractivity contribution < 1.29 is 14.0 Å². The molecule has 2 fully saturated rings. The van der Waals surface area contributed by atoms with Gasteiger partial charge in [0.25, 0.3) is 0 Å². The third-order valence-electron chi connectivity index (χ3n) is 4.79. The largest absolute Gasteiger partial charge is 0.513 e. The Balaban J connectivity index is 1.73. The molecule has 0 aromatic carbocycles. The van der Waals surface area contributed by atoms with Crippen molar-refractivity contribution in [3.05, 3.63) is 11.7 Å². The molecule has 3 heterocycles. The van der Waals surface area contributed by atoms with Crippen LogP contribution in [0.4, 0.5) is 0 Å². The minimum atomic E-state index is -0.319. The molecule has 3 aliphatic heterocycles. The highest BCUT2D eigenvalue weighted by molar-refractivity contribution is 6.54. The molecule has 0 aromatic heterocycles. The lowest BCUT2D eigenvalue weighted by molar-refractivity contribution is -0.0837. The zero-order valence-electron chi connectivity index (χ0n) is 12.9. The molecule has 112 valence electrons. The first kappa shape index (κ1) is 14.4. The molecule has 1 N–H and O–H groups in total. The van der Waals surface area contributed by atoms with Gasteiger partial charge in [0.1, 0.15) is 6.23 Å². The van der Waals surface area contributed by atoms with Crippen molar-refractivity contribution in [2.45, 2.75) is 64.4 Å². The molecule has 0 aromatic rings. The van der Waals surface area contributed by atoms with E-state index in [-0.39, 0.29) is 24.5 Å². The molecule has 0 saturated carbocycles. The minimum Gasteiger partial charge on any atom is -0.398 e. The van der Waals surface area contributed by atoms with Crippen LogP contribution in [0.2, 0.25) is 0 Å². The SMILES string of the molecule is CC1(C)OB(C2=CCNN2C2CCCCO2)OC1(C)C. The minimum absolute atomic E-state index is 0.0940. The highest BCUT2D eigenvalue weighted by Gasteiger charge is 2.54. The lowest BCUT2D eigenvalue weighted by atomic mass is 9.83. The van der Waals surface area contributed by atoms with Gasteiger partial charge in [-0.3, -0.25) is 5.01 Å². The Bertz CT molecular complexity index is 389. The van der Waals surface area contributed by atoms with Crippen molar-refractivity contribution >= 4 is 7.12 Å². The van der Waals surface area contributed by atoms with E-state index in [4.69, 9.17) is 14.0 Å². The fourth-order valence-corrected chi connectivity index (χ4v) is 2.81. The van der Waals surface area contributed by atoms with Crippen LogP contribution in [-0.2, 0) is 14.0 Å². The summed E-state index contributed by atoms with van der Waals surface area (Å²) in [4.78, 5) is 0. The molecule has 1 atom stereocenters. The van der Waals surface area contributed by atoms with Crippen LogP contribution in [0.5, 0.6) is 0 Å². The topological polar surface area (TPSA) is 43.0 Å². The van der Waals surface area contributed by atoms with Gasteiger partial charge in [-0.05, 0) is 47.0 Å². The van der Waals surface area contributed by atoms with E-state index >= 15 is 0 Å². The molecule has 0 radical (unpaired) electrons. The van der Waals surface area contributed by atoms with Gasteiger partial charge in [-0.2, -0.15) is 0 Å². The molecule has 1 unspecified atom stereocenters. The Kier molecular flexibility index (Phi) is 3.61. The molecule has 5 nitrogen and oxygen atoms in total. The van der Waals surface area contributed by atoms with Gasteiger partial charge in [-0.25, -0.2) is 5.43 Å². The molecular weight excluding hydrogens is 255 g/mol. The summed E-state index contributed by atoms with van der Waals surface area (Å²) in [5, 5.41) is 2.10. The van der Waals surface area contributed by atoms with Crippen molar-refractivity contribution in [2.24, 2.45) is 0 Å². The van der Waals surface area contributed by atoms with Crippen molar-refractivity contribution in [2.75, 3.05) is 13.2 Å². The van der Waals surface area contributed by atoms with Gasteiger partial charge in [-0.15, -0.1) is 0 Å². The summed E-state index contributed by atoms with van der Waals surface area (Å²) in [7, 11) is -0.319. The van der Waals surface area contributed by atoms with Crippen LogP contribution in [0.25, 0.3) is 0 Å². The maximum atomic E-state index is 6.14. The summed E-state index contributed by atoms with van der Waals surface area (Å²) in [6.07, 6.45) is 5.64. The molecule has 0 spiro atoms. The molecule has 3 rings (SSSR count). The summed E-state index contributed by atoms with van der Waals surface area (Å²) in [5.74, 6) is 0. The van der Waals surface area contributed by atoms with E-state index in [1.807, 2.05) is 0 Å². The van der Waals surface area contributed by atoms with Gasteiger partial charge in [0.15, 0.2) is 0 Å². The second-order valence-electron chi connectivity index (χ2n) is 6.77. The van der Waals surface area contributed by atoms with Crippen LogP contribution in [0.15, 0.2) is 11.7 Å². The molecule has 20 heavy (non-hydrogen) atoms. The Morgan fingerprint density at radius 2 is 1.90 bits per heavy atom. The molecule has 0 aliphatic carbocycles.